The van der Waals surface area contributed by atoms with Crippen LogP contribution < -0.4 is 17.1 Å². The number of fused-ring (bicyclic) bond motifs is 1. The Hall–Kier alpha value is -2.00. The van der Waals surface area contributed by atoms with E-state index in [0.29, 0.717) is 6.61 Å². The largest absolute Gasteiger partial charge is 1.00 e. The van der Waals surface area contributed by atoms with Crippen LogP contribution in [0.15, 0.2) is 48.5 Å². The fraction of sp³-hybridized carbons (Fsp3) is 0.188. The first-order valence-corrected chi connectivity index (χ1v) is 6.34. The van der Waals surface area contributed by atoms with Crippen molar-refractivity contribution in [1.29, 1.82) is 0 Å². The number of halogens is 1. The lowest BCUT2D eigenvalue weighted by Gasteiger charge is -2.06. The van der Waals surface area contributed by atoms with Crippen LogP contribution in [0.25, 0.3) is 11.0 Å². The first-order chi connectivity index (χ1) is 9.24. The molecule has 3 aromatic rings. The van der Waals surface area contributed by atoms with Crippen LogP contribution >= 0.6 is 0 Å². The summed E-state index contributed by atoms with van der Waals surface area (Å²) in [5, 5.41) is 0. The molecule has 0 saturated heterocycles. The molecule has 2 aromatic carbocycles. The number of benzene rings is 2. The molecule has 0 saturated carbocycles. The minimum absolute atomic E-state index is 0. The zero-order valence-corrected chi connectivity index (χ0v) is 12.3. The molecule has 0 N–H and O–H groups in total. The molecule has 0 radical (unpaired) electrons. The molecule has 0 amide bonds. The standard InChI is InChI=1S/C16H16N2O.ClH/c1-12-6-5-7-13(10-12)19-11-16-17-14-8-3-4-9-15(14)18(16)2;/h3-10H,11H2,1-2H3;1H/p-1. The molecule has 104 valence electrons. The Labute approximate surface area is 124 Å². The number of ether oxygens (including phenoxy) is 1. The molecular formula is C16H16ClN2O-. The highest BCUT2D eigenvalue weighted by molar-refractivity contribution is 5.75. The second kappa shape index (κ2) is 5.97. The van der Waals surface area contributed by atoms with Crippen LogP contribution in [0.5, 0.6) is 5.75 Å². The highest BCUT2D eigenvalue weighted by Crippen LogP contribution is 2.17. The molecule has 0 aliphatic heterocycles. The van der Waals surface area contributed by atoms with Crippen LogP contribution in [0.3, 0.4) is 0 Å². The van der Waals surface area contributed by atoms with Gasteiger partial charge >= 0.3 is 0 Å². The summed E-state index contributed by atoms with van der Waals surface area (Å²) in [6, 6.07) is 16.2. The van der Waals surface area contributed by atoms with Gasteiger partial charge in [-0.1, -0.05) is 24.3 Å². The van der Waals surface area contributed by atoms with E-state index in [4.69, 9.17) is 4.74 Å². The maximum Gasteiger partial charge on any atom is 0.147 e. The van der Waals surface area contributed by atoms with Gasteiger partial charge in [0.05, 0.1) is 11.0 Å². The monoisotopic (exact) mass is 287 g/mol. The van der Waals surface area contributed by atoms with Crippen molar-refractivity contribution in [2.24, 2.45) is 7.05 Å². The summed E-state index contributed by atoms with van der Waals surface area (Å²) in [7, 11) is 2.02. The zero-order valence-electron chi connectivity index (χ0n) is 11.5. The van der Waals surface area contributed by atoms with Crippen molar-refractivity contribution in [1.82, 2.24) is 9.55 Å². The molecule has 3 rings (SSSR count). The first kappa shape index (κ1) is 14.4. The predicted octanol–water partition coefficient (Wildman–Crippen LogP) is 0.465. The highest BCUT2D eigenvalue weighted by atomic mass is 35.5. The number of nitrogens with zero attached hydrogens (tertiary/aromatic N) is 2. The maximum absolute atomic E-state index is 5.80. The van der Waals surface area contributed by atoms with Crippen LogP contribution in [0.1, 0.15) is 11.4 Å². The number of aryl methyl sites for hydroxylation is 2. The van der Waals surface area contributed by atoms with Crippen LogP contribution in [-0.2, 0) is 13.7 Å². The fourth-order valence-corrected chi connectivity index (χ4v) is 2.18. The third-order valence-electron chi connectivity index (χ3n) is 3.24. The van der Waals surface area contributed by atoms with Crippen molar-refractivity contribution in [2.75, 3.05) is 0 Å². The second-order valence-electron chi connectivity index (χ2n) is 4.68. The summed E-state index contributed by atoms with van der Waals surface area (Å²) in [6.45, 7) is 2.54. The van der Waals surface area contributed by atoms with Gasteiger partial charge in [0, 0.05) is 7.05 Å². The molecule has 0 fully saturated rings. The van der Waals surface area contributed by atoms with Gasteiger partial charge in [-0.3, -0.25) is 0 Å². The van der Waals surface area contributed by atoms with E-state index >= 15 is 0 Å². The Balaban J connectivity index is 0.00000147. The third-order valence-corrected chi connectivity index (χ3v) is 3.24. The number of rotatable bonds is 3. The summed E-state index contributed by atoms with van der Waals surface area (Å²) in [5.41, 5.74) is 3.33. The average Bonchev–Trinajstić information content (AvgIpc) is 2.74. The number of imidazole rings is 1. The van der Waals surface area contributed by atoms with E-state index in [1.807, 2.05) is 43.4 Å². The quantitative estimate of drug-likeness (QED) is 0.700. The normalized spacial score (nSPS) is 10.3. The van der Waals surface area contributed by atoms with Gasteiger partial charge in [0.1, 0.15) is 18.2 Å². The summed E-state index contributed by atoms with van der Waals surface area (Å²) in [5.74, 6) is 1.81. The highest BCUT2D eigenvalue weighted by Gasteiger charge is 2.07. The Morgan fingerprint density at radius 2 is 1.90 bits per heavy atom. The SMILES string of the molecule is Cc1cccc(OCc2nc3ccccc3n2C)c1.[Cl-]. The van der Waals surface area contributed by atoms with E-state index in [1.165, 1.54) is 5.56 Å². The van der Waals surface area contributed by atoms with Crippen molar-refractivity contribution in [3.63, 3.8) is 0 Å². The van der Waals surface area contributed by atoms with Crippen LogP contribution in [0.2, 0.25) is 0 Å². The van der Waals surface area contributed by atoms with Gasteiger partial charge in [0.25, 0.3) is 0 Å². The van der Waals surface area contributed by atoms with Gasteiger partial charge in [0.2, 0.25) is 0 Å². The molecule has 0 aliphatic carbocycles. The molecule has 0 atom stereocenters. The van der Waals surface area contributed by atoms with Crippen molar-refractivity contribution >= 4 is 11.0 Å². The summed E-state index contributed by atoms with van der Waals surface area (Å²) in [4.78, 5) is 4.59. The van der Waals surface area contributed by atoms with Gasteiger partial charge in [0.15, 0.2) is 0 Å². The lowest BCUT2D eigenvalue weighted by atomic mass is 10.2. The zero-order chi connectivity index (χ0) is 13.2. The first-order valence-electron chi connectivity index (χ1n) is 6.34. The second-order valence-corrected chi connectivity index (χ2v) is 4.68. The number of aromatic nitrogens is 2. The fourth-order valence-electron chi connectivity index (χ4n) is 2.18. The topological polar surface area (TPSA) is 27.1 Å². The Bertz CT molecular complexity index is 721. The molecule has 1 aromatic heterocycles. The Kier molecular flexibility index (Phi) is 4.30. The lowest BCUT2D eigenvalue weighted by Crippen LogP contribution is -3.00. The van der Waals surface area contributed by atoms with Crippen molar-refractivity contribution in [2.45, 2.75) is 13.5 Å². The van der Waals surface area contributed by atoms with E-state index in [1.54, 1.807) is 0 Å². The van der Waals surface area contributed by atoms with Gasteiger partial charge in [-0.05, 0) is 36.8 Å². The van der Waals surface area contributed by atoms with E-state index in [0.717, 1.165) is 22.6 Å². The minimum Gasteiger partial charge on any atom is -1.00 e. The van der Waals surface area contributed by atoms with Gasteiger partial charge in [-0.2, -0.15) is 0 Å². The van der Waals surface area contributed by atoms with Crippen LogP contribution in [-0.4, -0.2) is 9.55 Å². The Morgan fingerprint density at radius 1 is 1.10 bits per heavy atom. The molecule has 0 aliphatic rings. The molecular weight excluding hydrogens is 272 g/mol. The van der Waals surface area contributed by atoms with E-state index in [2.05, 4.69) is 28.6 Å². The Morgan fingerprint density at radius 3 is 2.65 bits per heavy atom. The lowest BCUT2D eigenvalue weighted by molar-refractivity contribution is -0.00000438. The van der Waals surface area contributed by atoms with Crippen LogP contribution in [0, 0.1) is 6.92 Å². The molecule has 3 nitrogen and oxygen atoms in total. The van der Waals surface area contributed by atoms with E-state index < -0.39 is 0 Å². The molecule has 20 heavy (non-hydrogen) atoms. The van der Waals surface area contributed by atoms with Crippen molar-refractivity contribution < 1.29 is 17.1 Å². The van der Waals surface area contributed by atoms with Gasteiger partial charge < -0.3 is 21.7 Å². The van der Waals surface area contributed by atoms with E-state index in [9.17, 15) is 0 Å². The molecule has 0 unspecified atom stereocenters. The smallest absolute Gasteiger partial charge is 0.147 e. The number of hydrogen-bond donors (Lipinski definition) is 0. The van der Waals surface area contributed by atoms with Crippen LogP contribution in [0.4, 0.5) is 0 Å². The average molecular weight is 288 g/mol. The number of para-hydroxylation sites is 2. The van der Waals surface area contributed by atoms with E-state index in [-0.39, 0.29) is 12.4 Å². The maximum atomic E-state index is 5.80. The van der Waals surface area contributed by atoms with Crippen molar-refractivity contribution in [3.05, 3.63) is 59.9 Å². The summed E-state index contributed by atoms with van der Waals surface area (Å²) < 4.78 is 7.87. The molecule has 0 bridgehead atoms. The summed E-state index contributed by atoms with van der Waals surface area (Å²) in [6.07, 6.45) is 0. The molecule has 4 heteroatoms. The summed E-state index contributed by atoms with van der Waals surface area (Å²) >= 11 is 0. The van der Waals surface area contributed by atoms with Crippen molar-refractivity contribution in [3.8, 4) is 5.75 Å². The molecule has 0 spiro atoms. The third kappa shape index (κ3) is 2.78. The molecule has 1 heterocycles. The predicted molar refractivity (Wildman–Crippen MR) is 76.2 cm³/mol. The number of hydrogen-bond acceptors (Lipinski definition) is 2. The van der Waals surface area contributed by atoms with Gasteiger partial charge in [-0.15, -0.1) is 0 Å². The van der Waals surface area contributed by atoms with Gasteiger partial charge in [-0.25, -0.2) is 4.98 Å². The minimum atomic E-state index is 0.